The van der Waals surface area contributed by atoms with Crippen LogP contribution < -0.4 is 4.90 Å². The summed E-state index contributed by atoms with van der Waals surface area (Å²) >= 11 is 0. The van der Waals surface area contributed by atoms with Crippen LogP contribution in [0.15, 0.2) is 48.5 Å². The first-order valence-corrected chi connectivity index (χ1v) is 10.0. The van der Waals surface area contributed by atoms with Crippen molar-refractivity contribution in [1.82, 2.24) is 4.90 Å². The highest BCUT2D eigenvalue weighted by Gasteiger charge is 2.36. The summed E-state index contributed by atoms with van der Waals surface area (Å²) in [6.07, 6.45) is -0.142. The van der Waals surface area contributed by atoms with Crippen LogP contribution in [-0.4, -0.2) is 60.5 Å². The maximum absolute atomic E-state index is 12.6. The van der Waals surface area contributed by atoms with Gasteiger partial charge in [0.1, 0.15) is 0 Å². The van der Waals surface area contributed by atoms with Gasteiger partial charge in [0.15, 0.2) is 6.61 Å². The quantitative estimate of drug-likeness (QED) is 0.554. The molecule has 1 saturated heterocycles. The van der Waals surface area contributed by atoms with Crippen molar-refractivity contribution in [3.8, 4) is 0 Å². The van der Waals surface area contributed by atoms with Crippen LogP contribution in [0.3, 0.4) is 0 Å². The Hall–Kier alpha value is -3.52. The van der Waals surface area contributed by atoms with Gasteiger partial charge in [-0.05, 0) is 50.2 Å². The zero-order valence-electron chi connectivity index (χ0n) is 17.2. The van der Waals surface area contributed by atoms with Crippen molar-refractivity contribution in [3.63, 3.8) is 0 Å². The Morgan fingerprint density at radius 1 is 0.935 bits per heavy atom. The van der Waals surface area contributed by atoms with Gasteiger partial charge in [-0.15, -0.1) is 0 Å². The summed E-state index contributed by atoms with van der Waals surface area (Å²) in [6.45, 7) is 4.32. The average Bonchev–Trinajstić information content (AvgIpc) is 3.01. The highest BCUT2D eigenvalue weighted by atomic mass is 16.5. The van der Waals surface area contributed by atoms with Crippen LogP contribution in [0.1, 0.15) is 44.9 Å². The van der Waals surface area contributed by atoms with Crippen LogP contribution in [0.25, 0.3) is 0 Å². The smallest absolute Gasteiger partial charge is 0.338 e. The Kier molecular flexibility index (Phi) is 5.56. The number of hydrogen-bond donors (Lipinski definition) is 0. The molecule has 8 nitrogen and oxygen atoms in total. The molecule has 0 radical (unpaired) electrons. The normalized spacial score (nSPS) is 20.6. The summed E-state index contributed by atoms with van der Waals surface area (Å²) < 4.78 is 10.8. The molecule has 2 aliphatic heterocycles. The van der Waals surface area contributed by atoms with Crippen molar-refractivity contribution in [3.05, 3.63) is 65.2 Å². The largest absolute Gasteiger partial charge is 0.452 e. The number of esters is 1. The van der Waals surface area contributed by atoms with Gasteiger partial charge in [-0.2, -0.15) is 0 Å². The molecule has 2 aliphatic rings. The number of carbonyl (C=O) groups is 4. The fourth-order valence-corrected chi connectivity index (χ4v) is 3.85. The lowest BCUT2D eigenvalue weighted by molar-refractivity contribution is -0.146. The zero-order valence-corrected chi connectivity index (χ0v) is 17.2. The van der Waals surface area contributed by atoms with E-state index in [1.165, 1.54) is 24.3 Å². The minimum atomic E-state index is -0.656. The molecular formula is C23H22N2O6. The molecule has 0 bridgehead atoms. The van der Waals surface area contributed by atoms with Crippen LogP contribution >= 0.6 is 0 Å². The van der Waals surface area contributed by atoms with Gasteiger partial charge >= 0.3 is 5.97 Å². The van der Waals surface area contributed by atoms with E-state index in [4.69, 9.17) is 9.47 Å². The van der Waals surface area contributed by atoms with E-state index >= 15 is 0 Å². The fourth-order valence-electron chi connectivity index (χ4n) is 3.85. The Labute approximate surface area is 179 Å². The molecule has 4 rings (SSSR count). The number of anilines is 1. The van der Waals surface area contributed by atoms with Gasteiger partial charge in [-0.25, -0.2) is 9.69 Å². The molecule has 160 valence electrons. The van der Waals surface area contributed by atoms with Crippen molar-refractivity contribution in [2.45, 2.75) is 26.1 Å². The lowest BCUT2D eigenvalue weighted by atomic mass is 10.1. The van der Waals surface area contributed by atoms with E-state index in [9.17, 15) is 19.2 Å². The summed E-state index contributed by atoms with van der Waals surface area (Å²) in [4.78, 5) is 52.5. The molecule has 31 heavy (non-hydrogen) atoms. The second-order valence-corrected chi connectivity index (χ2v) is 7.67. The van der Waals surface area contributed by atoms with E-state index < -0.39 is 17.8 Å². The summed E-state index contributed by atoms with van der Waals surface area (Å²) in [5.74, 6) is -1.75. The van der Waals surface area contributed by atoms with Crippen LogP contribution in [0, 0.1) is 0 Å². The van der Waals surface area contributed by atoms with E-state index in [-0.39, 0.29) is 30.3 Å². The molecule has 1 fully saturated rings. The number of amides is 3. The SMILES string of the molecule is CC1CN(C(=O)COC(=O)c2ccc(N3C(=O)c4ccccc4C3=O)cc2)CC(C)O1. The third-order valence-corrected chi connectivity index (χ3v) is 5.25. The number of ether oxygens (including phenoxy) is 2. The number of rotatable bonds is 4. The first kappa shape index (κ1) is 20.7. The number of morpholine rings is 1. The van der Waals surface area contributed by atoms with Gasteiger partial charge < -0.3 is 14.4 Å². The summed E-state index contributed by atoms with van der Waals surface area (Å²) in [5.41, 5.74) is 1.27. The Balaban J connectivity index is 1.38. The summed E-state index contributed by atoms with van der Waals surface area (Å²) in [6, 6.07) is 12.5. The van der Waals surface area contributed by atoms with Gasteiger partial charge in [0, 0.05) is 13.1 Å². The maximum Gasteiger partial charge on any atom is 0.338 e. The molecule has 0 aromatic heterocycles. The molecule has 2 atom stereocenters. The predicted molar refractivity (Wildman–Crippen MR) is 111 cm³/mol. The second-order valence-electron chi connectivity index (χ2n) is 7.67. The summed E-state index contributed by atoms with van der Waals surface area (Å²) in [7, 11) is 0. The molecule has 8 heteroatoms. The van der Waals surface area contributed by atoms with E-state index in [0.29, 0.717) is 29.9 Å². The molecule has 2 aromatic carbocycles. The molecular weight excluding hydrogens is 400 g/mol. The minimum absolute atomic E-state index is 0.0712. The molecule has 0 saturated carbocycles. The van der Waals surface area contributed by atoms with E-state index in [0.717, 1.165) is 4.90 Å². The van der Waals surface area contributed by atoms with Gasteiger partial charge in [0.2, 0.25) is 0 Å². The fraction of sp³-hybridized carbons (Fsp3) is 0.304. The Bertz CT molecular complexity index is 1000. The van der Waals surface area contributed by atoms with Crippen LogP contribution in [0.4, 0.5) is 5.69 Å². The molecule has 0 N–H and O–H groups in total. The number of imide groups is 1. The van der Waals surface area contributed by atoms with Crippen molar-refractivity contribution >= 4 is 29.4 Å². The standard InChI is InChI=1S/C23H22N2O6/c1-14-11-24(12-15(2)31-14)20(26)13-30-23(29)16-7-9-17(10-8-16)25-21(27)18-5-3-4-6-19(18)22(25)28/h3-10,14-15H,11-13H2,1-2H3. The predicted octanol–water partition coefficient (Wildman–Crippen LogP) is 2.28. The molecule has 2 aromatic rings. The highest BCUT2D eigenvalue weighted by molar-refractivity contribution is 6.34. The van der Waals surface area contributed by atoms with Crippen molar-refractivity contribution < 1.29 is 28.7 Å². The van der Waals surface area contributed by atoms with Gasteiger partial charge in [0.05, 0.1) is 34.6 Å². The molecule has 2 unspecified atom stereocenters. The average molecular weight is 422 g/mol. The number of carbonyl (C=O) groups excluding carboxylic acids is 4. The monoisotopic (exact) mass is 422 g/mol. The number of nitrogens with zero attached hydrogens (tertiary/aromatic N) is 2. The van der Waals surface area contributed by atoms with Crippen LogP contribution in [0.5, 0.6) is 0 Å². The van der Waals surface area contributed by atoms with Gasteiger partial charge in [-0.1, -0.05) is 12.1 Å². The molecule has 3 amide bonds. The lowest BCUT2D eigenvalue weighted by Gasteiger charge is -2.35. The minimum Gasteiger partial charge on any atom is -0.452 e. The first-order valence-electron chi connectivity index (χ1n) is 10.0. The number of hydrogen-bond acceptors (Lipinski definition) is 6. The van der Waals surface area contributed by atoms with Gasteiger partial charge in [-0.3, -0.25) is 14.4 Å². The Morgan fingerprint density at radius 2 is 1.48 bits per heavy atom. The van der Waals surface area contributed by atoms with Crippen molar-refractivity contribution in [2.75, 3.05) is 24.6 Å². The van der Waals surface area contributed by atoms with E-state index in [1.54, 1.807) is 29.2 Å². The number of benzene rings is 2. The van der Waals surface area contributed by atoms with E-state index in [1.807, 2.05) is 13.8 Å². The first-order chi connectivity index (χ1) is 14.8. The topological polar surface area (TPSA) is 93.2 Å². The second kappa shape index (κ2) is 8.31. The lowest BCUT2D eigenvalue weighted by Crippen LogP contribution is -2.49. The molecule has 2 heterocycles. The van der Waals surface area contributed by atoms with Gasteiger partial charge in [0.25, 0.3) is 17.7 Å². The Morgan fingerprint density at radius 3 is 2.03 bits per heavy atom. The maximum atomic E-state index is 12.6. The van der Waals surface area contributed by atoms with Crippen LogP contribution in [0.2, 0.25) is 0 Å². The number of fused-ring (bicyclic) bond motifs is 1. The third kappa shape index (κ3) is 4.06. The van der Waals surface area contributed by atoms with Crippen LogP contribution in [-0.2, 0) is 14.3 Å². The third-order valence-electron chi connectivity index (χ3n) is 5.25. The molecule has 0 aliphatic carbocycles. The van der Waals surface area contributed by atoms with Crippen molar-refractivity contribution in [1.29, 1.82) is 0 Å². The van der Waals surface area contributed by atoms with Crippen molar-refractivity contribution in [2.24, 2.45) is 0 Å². The molecule has 0 spiro atoms. The van der Waals surface area contributed by atoms with E-state index in [2.05, 4.69) is 0 Å². The summed E-state index contributed by atoms with van der Waals surface area (Å²) in [5, 5.41) is 0. The zero-order chi connectivity index (χ0) is 22.1. The highest BCUT2D eigenvalue weighted by Crippen LogP contribution is 2.28.